The molecular formula is C19H22F2N8O2S. The largest absolute Gasteiger partial charge is 0.353 e. The first-order valence-electron chi connectivity index (χ1n) is 9.82. The van der Waals surface area contributed by atoms with Gasteiger partial charge < -0.3 is 10.6 Å². The van der Waals surface area contributed by atoms with Crippen molar-refractivity contribution in [3.8, 4) is 0 Å². The molecular weight excluding hydrogens is 442 g/mol. The molecule has 0 saturated heterocycles. The van der Waals surface area contributed by atoms with Crippen LogP contribution in [-0.2, 0) is 25.4 Å². The van der Waals surface area contributed by atoms with E-state index in [2.05, 4.69) is 36.1 Å². The zero-order valence-electron chi connectivity index (χ0n) is 17.5. The van der Waals surface area contributed by atoms with E-state index in [0.29, 0.717) is 23.7 Å². The van der Waals surface area contributed by atoms with Gasteiger partial charge in [-0.2, -0.15) is 0 Å². The van der Waals surface area contributed by atoms with Crippen LogP contribution in [0.25, 0.3) is 0 Å². The molecule has 0 aromatic carbocycles. The summed E-state index contributed by atoms with van der Waals surface area (Å²) in [5.41, 5.74) is 0.281. The lowest BCUT2D eigenvalue weighted by molar-refractivity contribution is 0.0173. The van der Waals surface area contributed by atoms with Crippen molar-refractivity contribution in [3.63, 3.8) is 0 Å². The second kappa shape index (κ2) is 10.3. The smallest absolute Gasteiger partial charge is 0.282 e. The summed E-state index contributed by atoms with van der Waals surface area (Å²) in [5.74, 6) is -3.70. The lowest BCUT2D eigenvalue weighted by Gasteiger charge is -2.11. The fourth-order valence-electron chi connectivity index (χ4n) is 2.72. The number of carbonyl (C=O) groups is 2. The van der Waals surface area contributed by atoms with Crippen LogP contribution in [0.1, 0.15) is 56.3 Å². The van der Waals surface area contributed by atoms with E-state index in [9.17, 15) is 18.4 Å². The number of pyridine rings is 1. The number of aryl methyl sites for hydroxylation is 2. The predicted octanol–water partition coefficient (Wildman–Crippen LogP) is 1.95. The van der Waals surface area contributed by atoms with Gasteiger partial charge in [-0.3, -0.25) is 19.3 Å². The molecule has 3 rings (SSSR count). The Kier molecular flexibility index (Phi) is 7.51. The highest BCUT2D eigenvalue weighted by molar-refractivity contribution is 7.13. The molecule has 0 atom stereocenters. The van der Waals surface area contributed by atoms with Crippen molar-refractivity contribution in [2.24, 2.45) is 0 Å². The Morgan fingerprint density at radius 2 is 2.00 bits per heavy atom. The highest BCUT2D eigenvalue weighted by Crippen LogP contribution is 2.26. The van der Waals surface area contributed by atoms with E-state index in [4.69, 9.17) is 0 Å². The molecule has 0 spiro atoms. The van der Waals surface area contributed by atoms with Crippen molar-refractivity contribution >= 4 is 23.2 Å². The fraction of sp³-hybridized carbons (Fsp3) is 0.421. The molecule has 170 valence electrons. The van der Waals surface area contributed by atoms with Crippen LogP contribution in [0, 0.1) is 0 Å². The first-order valence-corrected chi connectivity index (χ1v) is 10.6. The molecule has 0 aliphatic heterocycles. The maximum atomic E-state index is 13.4. The number of unbranched alkanes of at least 4 members (excludes halogenated alkanes) is 1. The van der Waals surface area contributed by atoms with Gasteiger partial charge in [0.1, 0.15) is 5.01 Å². The van der Waals surface area contributed by atoms with Crippen LogP contribution in [0.5, 0.6) is 0 Å². The third kappa shape index (κ3) is 6.33. The minimum atomic E-state index is -2.98. The molecule has 0 saturated carbocycles. The Morgan fingerprint density at radius 1 is 1.19 bits per heavy atom. The van der Waals surface area contributed by atoms with E-state index in [1.807, 2.05) is 0 Å². The Hall–Kier alpha value is -3.35. The van der Waals surface area contributed by atoms with Gasteiger partial charge in [-0.05, 0) is 25.0 Å². The zero-order chi connectivity index (χ0) is 23.1. The summed E-state index contributed by atoms with van der Waals surface area (Å²) in [4.78, 5) is 27.7. The predicted molar refractivity (Wildman–Crippen MR) is 111 cm³/mol. The minimum Gasteiger partial charge on any atom is -0.353 e. The van der Waals surface area contributed by atoms with Gasteiger partial charge in [0.15, 0.2) is 5.69 Å². The number of hydrogen-bond donors (Lipinski definition) is 2. The number of rotatable bonds is 10. The molecule has 10 nitrogen and oxygen atoms in total. The quantitative estimate of drug-likeness (QED) is 0.439. The monoisotopic (exact) mass is 464 g/mol. The van der Waals surface area contributed by atoms with Crippen molar-refractivity contribution in [1.29, 1.82) is 0 Å². The Labute approximate surface area is 186 Å². The van der Waals surface area contributed by atoms with Gasteiger partial charge in [0.2, 0.25) is 5.01 Å². The third-order valence-corrected chi connectivity index (χ3v) is 5.42. The topological polar surface area (TPSA) is 128 Å². The van der Waals surface area contributed by atoms with Crippen molar-refractivity contribution in [1.82, 2.24) is 40.8 Å². The van der Waals surface area contributed by atoms with E-state index in [1.54, 1.807) is 4.68 Å². The number of hydrogen-bond acceptors (Lipinski definition) is 8. The number of nitrogens with zero attached hydrogens (tertiary/aromatic N) is 6. The number of aromatic nitrogens is 6. The molecule has 13 heteroatoms. The summed E-state index contributed by atoms with van der Waals surface area (Å²) in [5, 5.41) is 21.8. The van der Waals surface area contributed by atoms with Crippen LogP contribution in [-0.4, -0.2) is 49.0 Å². The number of amides is 2. The van der Waals surface area contributed by atoms with Crippen LogP contribution >= 0.6 is 11.3 Å². The molecule has 0 unspecified atom stereocenters. The summed E-state index contributed by atoms with van der Waals surface area (Å²) in [6, 6.07) is 2.50. The molecule has 3 aromatic heterocycles. The van der Waals surface area contributed by atoms with Gasteiger partial charge >= 0.3 is 0 Å². The van der Waals surface area contributed by atoms with E-state index >= 15 is 0 Å². The SMILES string of the molecule is CNC(=O)c1nnc(CCCCn2cc(C(=O)NCc3cc(C(C)(F)F)ccn3)nn2)s1. The molecule has 0 radical (unpaired) electrons. The van der Waals surface area contributed by atoms with Crippen molar-refractivity contribution in [2.75, 3.05) is 7.05 Å². The van der Waals surface area contributed by atoms with Crippen molar-refractivity contribution in [2.45, 2.75) is 45.2 Å². The molecule has 0 fully saturated rings. The van der Waals surface area contributed by atoms with E-state index < -0.39 is 11.8 Å². The van der Waals surface area contributed by atoms with Gasteiger partial charge in [-0.1, -0.05) is 16.6 Å². The van der Waals surface area contributed by atoms with E-state index in [0.717, 1.165) is 24.8 Å². The van der Waals surface area contributed by atoms with E-state index in [-0.39, 0.29) is 23.7 Å². The maximum absolute atomic E-state index is 13.4. The summed E-state index contributed by atoms with van der Waals surface area (Å²) >= 11 is 1.26. The standard InChI is InChI=1S/C19H22F2N8O2S/c1-19(20,21)12-6-7-23-13(9-12)10-24-16(30)14-11-29(28-25-14)8-4-3-5-15-26-27-18(32-15)17(31)22-2/h6-7,9,11H,3-5,8,10H2,1-2H3,(H,22,31)(H,24,30). The average Bonchev–Trinajstić information content (AvgIpc) is 3.44. The van der Waals surface area contributed by atoms with Crippen LogP contribution in [0.2, 0.25) is 0 Å². The molecule has 0 aliphatic carbocycles. The molecule has 2 amide bonds. The second-order valence-electron chi connectivity index (χ2n) is 7.01. The molecule has 3 aromatic rings. The maximum Gasteiger partial charge on any atom is 0.282 e. The van der Waals surface area contributed by atoms with Crippen molar-refractivity contribution < 1.29 is 18.4 Å². The highest BCUT2D eigenvalue weighted by Gasteiger charge is 2.24. The Bertz CT molecular complexity index is 1080. The second-order valence-corrected chi connectivity index (χ2v) is 8.07. The summed E-state index contributed by atoms with van der Waals surface area (Å²) in [7, 11) is 1.54. The van der Waals surface area contributed by atoms with Crippen LogP contribution in [0.4, 0.5) is 8.78 Å². The Balaban J connectivity index is 1.43. The fourth-order valence-corrected chi connectivity index (χ4v) is 3.55. The Morgan fingerprint density at radius 3 is 2.75 bits per heavy atom. The summed E-state index contributed by atoms with van der Waals surface area (Å²) in [6.45, 7) is 1.35. The van der Waals surface area contributed by atoms with Crippen LogP contribution < -0.4 is 10.6 Å². The zero-order valence-corrected chi connectivity index (χ0v) is 18.3. The van der Waals surface area contributed by atoms with Gasteiger partial charge in [0, 0.05) is 38.7 Å². The molecule has 3 heterocycles. The molecule has 0 aliphatic rings. The first-order chi connectivity index (χ1) is 15.3. The lowest BCUT2D eigenvalue weighted by atomic mass is 10.1. The summed E-state index contributed by atoms with van der Waals surface area (Å²) < 4.78 is 28.4. The molecule has 0 bridgehead atoms. The summed E-state index contributed by atoms with van der Waals surface area (Å²) in [6.07, 6.45) is 5.05. The minimum absolute atomic E-state index is 0.00446. The van der Waals surface area contributed by atoms with Gasteiger partial charge in [-0.25, -0.2) is 8.78 Å². The highest BCUT2D eigenvalue weighted by atomic mass is 32.1. The normalized spacial score (nSPS) is 11.4. The van der Waals surface area contributed by atoms with Crippen LogP contribution in [0.3, 0.4) is 0 Å². The number of carbonyl (C=O) groups excluding carboxylic acids is 2. The van der Waals surface area contributed by atoms with Gasteiger partial charge in [0.25, 0.3) is 17.7 Å². The molecule has 32 heavy (non-hydrogen) atoms. The van der Waals surface area contributed by atoms with E-state index in [1.165, 1.54) is 42.9 Å². The number of nitrogens with one attached hydrogen (secondary N) is 2. The number of halogens is 2. The van der Waals surface area contributed by atoms with Crippen molar-refractivity contribution in [3.05, 3.63) is 51.5 Å². The third-order valence-electron chi connectivity index (χ3n) is 4.44. The molecule has 2 N–H and O–H groups in total. The first kappa shape index (κ1) is 23.3. The average molecular weight is 465 g/mol. The number of alkyl halides is 2. The lowest BCUT2D eigenvalue weighted by Crippen LogP contribution is -2.24. The van der Waals surface area contributed by atoms with Gasteiger partial charge in [0.05, 0.1) is 18.4 Å². The van der Waals surface area contributed by atoms with Crippen LogP contribution in [0.15, 0.2) is 24.5 Å². The van der Waals surface area contributed by atoms with Gasteiger partial charge in [-0.15, -0.1) is 15.3 Å².